The molecule has 2 radical (unpaired) electrons. The number of allylic oxidation sites excluding steroid dienone is 8. The average Bonchev–Trinajstić information content (AvgIpc) is 1.52. The van der Waals surface area contributed by atoms with E-state index in [1.807, 2.05) is 79.5 Å². The van der Waals surface area contributed by atoms with E-state index in [1.54, 1.807) is 16.8 Å². The van der Waals surface area contributed by atoms with E-state index in [9.17, 15) is 2.74 Å². The molecule has 0 spiro atoms. The number of ether oxygens (including phenoxy) is 1. The smallest absolute Gasteiger partial charge is 0.182 e. The molecule has 0 aliphatic carbocycles. The first-order valence-electron chi connectivity index (χ1n) is 32.1. The van der Waals surface area contributed by atoms with Gasteiger partial charge in [-0.25, -0.2) is 4.98 Å². The molecule has 0 saturated carbocycles. The van der Waals surface area contributed by atoms with Crippen molar-refractivity contribution in [2.45, 2.75) is 131 Å². The maximum atomic E-state index is 9.35. The molecule has 0 amide bonds. The van der Waals surface area contributed by atoms with E-state index in [0.29, 0.717) is 44.8 Å². The number of fused-ring (bicyclic) bond motifs is 4. The van der Waals surface area contributed by atoms with Crippen LogP contribution >= 0.6 is 0 Å². The molecule has 8 aromatic rings. The number of hydrogen-bond donors (Lipinski definition) is 2. The Bertz CT molecular complexity index is 4350. The first kappa shape index (κ1) is 57.7. The summed E-state index contributed by atoms with van der Waals surface area (Å²) in [6.07, 6.45) is 25.9. The van der Waals surface area contributed by atoms with Crippen LogP contribution < -0.4 is 25.2 Å². The molecule has 0 bridgehead atoms. The largest absolute Gasteiger partial charge is 0.503 e. The zero-order valence-corrected chi connectivity index (χ0v) is 55.6. The normalized spacial score (nSPS) is 18.8. The molecule has 3 aromatic heterocycles. The van der Waals surface area contributed by atoms with Crippen LogP contribution in [0.1, 0.15) is 148 Å². The number of rotatable bonds is 8. The molecule has 2 N–H and O–H groups in total. The monoisotopic (exact) mass is 1340 g/mol. The Morgan fingerprint density at radius 1 is 0.568 bits per heavy atom. The zero-order chi connectivity index (χ0) is 65.1. The van der Waals surface area contributed by atoms with Crippen molar-refractivity contribution in [1.29, 1.82) is 0 Å². The van der Waals surface area contributed by atoms with Gasteiger partial charge in [0.1, 0.15) is 11.7 Å². The maximum absolute atomic E-state index is 9.35. The number of nitrogens with zero attached hydrogens (tertiary/aromatic N) is 5. The summed E-state index contributed by atoms with van der Waals surface area (Å²) in [4.78, 5) is 14.9. The molecule has 0 fully saturated rings. The summed E-state index contributed by atoms with van der Waals surface area (Å²) in [5.74, 6) is 5.14. The number of pyridine rings is 2. The molecule has 11 rings (SSSR count). The minimum Gasteiger partial charge on any atom is -0.503 e. The van der Waals surface area contributed by atoms with Crippen LogP contribution in [0, 0.1) is 18.8 Å². The Hall–Kier alpha value is -8.06. The van der Waals surface area contributed by atoms with Gasteiger partial charge in [0, 0.05) is 80.4 Å². The summed E-state index contributed by atoms with van der Waals surface area (Å²) < 4.78 is 45.2. The molecular formula is C77H80B2N7OPt-3. The predicted octanol–water partition coefficient (Wildman–Crippen LogP) is 18.9. The Kier molecular flexibility index (Phi) is 16.3. The van der Waals surface area contributed by atoms with Crippen molar-refractivity contribution in [2.75, 3.05) is 9.80 Å². The predicted molar refractivity (Wildman–Crippen MR) is 370 cm³/mol. The number of anilines is 4. The summed E-state index contributed by atoms with van der Waals surface area (Å²) in [5.41, 5.74) is 14.4. The minimum atomic E-state index is -0.336. The van der Waals surface area contributed by atoms with Gasteiger partial charge >= 0.3 is 0 Å². The van der Waals surface area contributed by atoms with Crippen LogP contribution in [0.3, 0.4) is 0 Å². The second-order valence-electron chi connectivity index (χ2n) is 27.7. The van der Waals surface area contributed by atoms with Gasteiger partial charge in [0.15, 0.2) is 14.6 Å². The van der Waals surface area contributed by atoms with E-state index < -0.39 is 0 Å². The number of benzene rings is 5. The molecule has 11 heteroatoms. The molecule has 8 nitrogen and oxygen atoms in total. The van der Waals surface area contributed by atoms with E-state index in [1.165, 1.54) is 11.1 Å². The summed E-state index contributed by atoms with van der Waals surface area (Å²) in [7, 11) is 4.35. The van der Waals surface area contributed by atoms with E-state index in [4.69, 9.17) is 17.4 Å². The minimum absolute atomic E-state index is 0. The average molecular weight is 1340 g/mol. The summed E-state index contributed by atoms with van der Waals surface area (Å²) in [6, 6.07) is 33.9. The van der Waals surface area contributed by atoms with Crippen molar-refractivity contribution >= 4 is 70.1 Å². The van der Waals surface area contributed by atoms with Gasteiger partial charge in [0.25, 0.3) is 0 Å². The fourth-order valence-corrected chi connectivity index (χ4v) is 11.2. The van der Waals surface area contributed by atoms with Gasteiger partial charge in [-0.05, 0) is 149 Å². The molecular weight excluding hydrogens is 1260 g/mol. The third-order valence-electron chi connectivity index (χ3n) is 16.0. The molecule has 448 valence electrons. The standard InChI is InChI=1S/C77H80B2N7O.Pt/c1-73(2,3)51-34-41-82-69(46-51)86-65-29-17-16-26-56(65)57-33-32-55(49-68(57)86)87-70-48-54(47-64(83-70)71-60(76(10,11)12)44-53(75(7,8)9)45-61(71)77(13,14)15)84-50-85(67-31-19-18-30-66(67)84)72-58(62-27-24-39-80-37-22-20-35-78-62)42-52(74(4,5)6)43-59(72)63-28-25-40-81-38-23-21-36-79-63;/h16-47,50,80-81H,1-15H3;/q-3;/b35-20-,36-21-,37-22-,38-23-,39-24-,40-25-,62-27-,63-28-;/i16D,17D,26D,29D;. The molecule has 3 aliphatic heterocycles. The Balaban J connectivity index is 0.00000927. The van der Waals surface area contributed by atoms with Crippen molar-refractivity contribution in [3.8, 4) is 28.7 Å². The fraction of sp³-hybridized carbons (Fsp3) is 0.260. The number of aromatic nitrogens is 3. The van der Waals surface area contributed by atoms with E-state index in [0.717, 1.165) is 61.4 Å². The number of hydrogen-bond acceptors (Lipinski definition) is 7. The summed E-state index contributed by atoms with van der Waals surface area (Å²) in [5, 5.41) is 7.49. The van der Waals surface area contributed by atoms with Crippen molar-refractivity contribution in [3.05, 3.63) is 252 Å². The van der Waals surface area contributed by atoms with Crippen molar-refractivity contribution < 1.29 is 31.3 Å². The van der Waals surface area contributed by atoms with Gasteiger partial charge in [-0.2, -0.15) is 23.9 Å². The third-order valence-corrected chi connectivity index (χ3v) is 16.0. The second kappa shape index (κ2) is 24.8. The van der Waals surface area contributed by atoms with Gasteiger partial charge in [-0.1, -0.05) is 187 Å². The number of nitrogens with one attached hydrogen (secondary N) is 2. The third kappa shape index (κ3) is 13.2. The SMILES string of the molecule is [2H]c1c([2H])c([2H])c2c(c1[2H])c1ccc(Oc3[c-]c(N4[CH-]N(c5c(/C6=C/C=C\N/C=C\C=C/[B]6)cc(C(C)(C)C)cc5/C5=C/C=C\N/C=C\C=C/[B]5)c5ccccc54)cc(-c4c(C(C)(C)C)cc(C(C)(C)C)cc4C(C)(C)C)n3)[c-]c1n2-c1cc(C(C)(C)C)ccn1.[Pt]. The molecule has 0 atom stereocenters. The van der Waals surface area contributed by atoms with Crippen molar-refractivity contribution in [3.63, 3.8) is 0 Å². The quantitative estimate of drug-likeness (QED) is 0.116. The van der Waals surface area contributed by atoms with Crippen LogP contribution in [-0.4, -0.2) is 29.1 Å². The molecule has 3 aliphatic rings. The second-order valence-corrected chi connectivity index (χ2v) is 27.7. The first-order valence-corrected chi connectivity index (χ1v) is 30.1. The fourth-order valence-electron chi connectivity index (χ4n) is 11.2. The van der Waals surface area contributed by atoms with Crippen LogP contribution in [0.2, 0.25) is 0 Å². The Morgan fingerprint density at radius 2 is 1.12 bits per heavy atom. The Labute approximate surface area is 545 Å². The summed E-state index contributed by atoms with van der Waals surface area (Å²) in [6.45, 7) is 35.8. The topological polar surface area (TPSA) is 70.5 Å². The molecule has 0 unspecified atom stereocenters. The molecule has 88 heavy (non-hydrogen) atoms. The van der Waals surface area contributed by atoms with Crippen LogP contribution in [0.4, 0.5) is 22.7 Å². The van der Waals surface area contributed by atoms with Gasteiger partial charge in [0.2, 0.25) is 0 Å². The van der Waals surface area contributed by atoms with E-state index in [-0.39, 0.29) is 78.2 Å². The molecule has 5 aromatic carbocycles. The zero-order valence-electron chi connectivity index (χ0n) is 57.4. The molecule has 0 saturated heterocycles. The summed E-state index contributed by atoms with van der Waals surface area (Å²) >= 11 is 0. The van der Waals surface area contributed by atoms with Gasteiger partial charge in [-0.3, -0.25) is 4.98 Å². The Morgan fingerprint density at radius 3 is 1.70 bits per heavy atom. The van der Waals surface area contributed by atoms with Crippen molar-refractivity contribution in [1.82, 2.24) is 25.2 Å². The van der Waals surface area contributed by atoms with Crippen LogP contribution in [0.25, 0.3) is 49.8 Å². The van der Waals surface area contributed by atoms with Crippen LogP contribution in [0.5, 0.6) is 11.6 Å². The molecule has 6 heterocycles. The van der Waals surface area contributed by atoms with Crippen molar-refractivity contribution in [2.24, 2.45) is 0 Å². The maximum Gasteiger partial charge on any atom is 0.182 e. The first-order chi connectivity index (χ1) is 43.0. The number of para-hydroxylation sites is 3. The van der Waals surface area contributed by atoms with Gasteiger partial charge in [0.05, 0.1) is 5.48 Å². The van der Waals surface area contributed by atoms with Crippen LogP contribution in [-0.2, 0) is 48.1 Å². The van der Waals surface area contributed by atoms with Gasteiger partial charge in [-0.15, -0.1) is 36.1 Å². The van der Waals surface area contributed by atoms with E-state index >= 15 is 0 Å². The van der Waals surface area contributed by atoms with Crippen LogP contribution in [0.15, 0.2) is 195 Å². The van der Waals surface area contributed by atoms with Gasteiger partial charge < -0.3 is 29.7 Å². The van der Waals surface area contributed by atoms with E-state index in [2.05, 4.69) is 236 Å².